The van der Waals surface area contributed by atoms with Crippen molar-refractivity contribution in [3.05, 3.63) is 127 Å². The van der Waals surface area contributed by atoms with Crippen molar-refractivity contribution in [2.45, 2.75) is 0 Å². The van der Waals surface area contributed by atoms with Crippen LogP contribution in [0, 0.1) is 0 Å². The van der Waals surface area contributed by atoms with E-state index in [1.165, 1.54) is 43.1 Å². The summed E-state index contributed by atoms with van der Waals surface area (Å²) in [5, 5.41) is 14.7. The molecule has 0 saturated carbocycles. The van der Waals surface area contributed by atoms with Crippen molar-refractivity contribution in [3.8, 4) is 39.1 Å². The van der Waals surface area contributed by atoms with E-state index < -0.39 is 0 Å². The molecule has 0 unspecified atom stereocenters. The fourth-order valence-electron chi connectivity index (χ4n) is 11.4. The van der Waals surface area contributed by atoms with Gasteiger partial charge < -0.3 is 4.57 Å². The van der Waals surface area contributed by atoms with Gasteiger partial charge in [0, 0.05) is 22.1 Å². The number of fused-ring (bicyclic) bond motifs is 3. The number of benzene rings is 12. The molecule has 1 aromatic heterocycles. The first-order chi connectivity index (χ1) is 33.2. The number of rotatable bonds is 4. The van der Waals surface area contributed by atoms with Crippen LogP contribution in [0.15, 0.2) is 127 Å². The molecule has 0 aliphatic heterocycles. The Morgan fingerprint density at radius 2 is 0.609 bits per heavy atom. The van der Waals surface area contributed by atoms with Crippen LogP contribution in [0.5, 0.6) is 0 Å². The Kier molecular flexibility index (Phi) is 9.16. The van der Waals surface area contributed by atoms with Gasteiger partial charge in [-0.25, -0.2) is 0 Å². The molecule has 13 aromatic rings. The first-order valence-electron chi connectivity index (χ1n) is 22.3. The lowest BCUT2D eigenvalue weighted by Gasteiger charge is -2.26. The first-order valence-corrected chi connectivity index (χ1v) is 22.3. The lowest BCUT2D eigenvalue weighted by Crippen LogP contribution is -2.56. The van der Waals surface area contributed by atoms with E-state index in [1.807, 2.05) is 0 Å². The molecule has 13 rings (SSSR count). The molecule has 0 N–H and O–H groups in total. The standard InChI is InChI=1S/C56H21B12N/c57-42-39(43(58)50(65)54-40(42)41-44(59)45(60)47(62)51(66)55(41)69(54)56-52(67)48(63)46(61)49(64)53(56)68)30-20-28(31-15-11-26-9-7-22-3-1-5-24-13-17-33(31)37(26)35(22)24)19-29(21-30)32-16-12-27-10-8-23-4-2-6-25-14-18-34(32)38(27)36(23)25/h1-21H. The zero-order chi connectivity index (χ0) is 47.6. The molecule has 24 radical (unpaired) electrons. The average molecular weight is 838 g/mol. The van der Waals surface area contributed by atoms with Crippen molar-refractivity contribution in [1.82, 2.24) is 4.57 Å². The molecular weight excluding hydrogens is 816 g/mol. The van der Waals surface area contributed by atoms with E-state index in [2.05, 4.69) is 127 Å². The second-order valence-electron chi connectivity index (χ2n) is 18.2. The molecule has 0 aliphatic rings. The molecule has 1 heterocycles. The Labute approximate surface area is 414 Å². The van der Waals surface area contributed by atoms with E-state index in [-0.39, 0.29) is 82.3 Å². The Hall–Kier alpha value is -6.70. The minimum absolute atomic E-state index is 0.000663. The summed E-state index contributed by atoms with van der Waals surface area (Å²) in [6, 6.07) is 45.6. The lowest BCUT2D eigenvalue weighted by molar-refractivity contribution is 1.22. The molecule has 0 spiro atoms. The number of aromatic nitrogens is 1. The Balaban J connectivity index is 1.17. The molecule has 286 valence electrons. The highest BCUT2D eigenvalue weighted by Crippen LogP contribution is 2.44. The first kappa shape index (κ1) is 42.4. The maximum Gasteiger partial charge on any atom is 0.115 e. The molecule has 1 nitrogen and oxygen atoms in total. The lowest BCUT2D eigenvalue weighted by atomic mass is 9.61. The minimum atomic E-state index is 0.000663. The van der Waals surface area contributed by atoms with Crippen molar-refractivity contribution in [1.29, 1.82) is 0 Å². The van der Waals surface area contributed by atoms with Crippen LogP contribution in [-0.2, 0) is 0 Å². The fourth-order valence-corrected chi connectivity index (χ4v) is 11.4. The molecule has 0 atom stereocenters. The van der Waals surface area contributed by atoms with Gasteiger partial charge in [0.2, 0.25) is 0 Å². The van der Waals surface area contributed by atoms with Crippen LogP contribution >= 0.6 is 0 Å². The largest absolute Gasteiger partial charge is 0.312 e. The molecule has 13 heteroatoms. The third-order valence-corrected chi connectivity index (χ3v) is 14.7. The van der Waals surface area contributed by atoms with E-state index in [1.54, 1.807) is 4.57 Å². The smallest absolute Gasteiger partial charge is 0.115 e. The van der Waals surface area contributed by atoms with Gasteiger partial charge >= 0.3 is 0 Å². The van der Waals surface area contributed by atoms with Crippen LogP contribution in [-0.4, -0.2) is 98.7 Å². The second kappa shape index (κ2) is 14.9. The molecule has 69 heavy (non-hydrogen) atoms. The van der Waals surface area contributed by atoms with Gasteiger partial charge in [0.15, 0.2) is 0 Å². The van der Waals surface area contributed by atoms with E-state index in [0.29, 0.717) is 21.9 Å². The van der Waals surface area contributed by atoms with Crippen molar-refractivity contribution < 1.29 is 0 Å². The van der Waals surface area contributed by atoms with Gasteiger partial charge in [-0.1, -0.05) is 147 Å². The third-order valence-electron chi connectivity index (χ3n) is 14.7. The molecule has 0 amide bonds. The van der Waals surface area contributed by atoms with Crippen LogP contribution < -0.4 is 65.6 Å². The molecular formula is C56H21B12N. The summed E-state index contributed by atoms with van der Waals surface area (Å²) in [7, 11) is 81.9. The Bertz CT molecular complexity index is 4230. The van der Waals surface area contributed by atoms with E-state index >= 15 is 0 Å². The third kappa shape index (κ3) is 5.65. The van der Waals surface area contributed by atoms with Crippen LogP contribution in [0.4, 0.5) is 0 Å². The molecule has 0 saturated heterocycles. The summed E-state index contributed by atoms with van der Waals surface area (Å²) in [4.78, 5) is 0. The van der Waals surface area contributed by atoms with E-state index in [0.717, 1.165) is 43.8 Å². The Morgan fingerprint density at radius 1 is 0.261 bits per heavy atom. The topological polar surface area (TPSA) is 4.93 Å². The average Bonchev–Trinajstić information content (AvgIpc) is 3.72. The van der Waals surface area contributed by atoms with Crippen LogP contribution in [0.2, 0.25) is 0 Å². The van der Waals surface area contributed by atoms with Gasteiger partial charge in [0.1, 0.15) is 94.2 Å². The van der Waals surface area contributed by atoms with Gasteiger partial charge in [0.25, 0.3) is 0 Å². The van der Waals surface area contributed by atoms with Crippen molar-refractivity contribution in [2.75, 3.05) is 0 Å². The normalized spacial score (nSPS) is 12.2. The van der Waals surface area contributed by atoms with Crippen molar-refractivity contribution in [2.24, 2.45) is 0 Å². The van der Waals surface area contributed by atoms with Crippen molar-refractivity contribution in [3.63, 3.8) is 0 Å². The van der Waals surface area contributed by atoms with Gasteiger partial charge in [-0.3, -0.25) is 0 Å². The highest BCUT2D eigenvalue weighted by Gasteiger charge is 2.27. The zero-order valence-corrected chi connectivity index (χ0v) is 37.0. The number of hydrogen-bond acceptors (Lipinski definition) is 0. The molecule has 0 bridgehead atoms. The van der Waals surface area contributed by atoms with Gasteiger partial charge in [-0.15, -0.1) is 27.3 Å². The van der Waals surface area contributed by atoms with E-state index in [9.17, 15) is 0 Å². The maximum absolute atomic E-state index is 7.55. The Morgan fingerprint density at radius 3 is 1.09 bits per heavy atom. The van der Waals surface area contributed by atoms with E-state index in [4.69, 9.17) is 94.2 Å². The quantitative estimate of drug-likeness (QED) is 0.185. The summed E-state index contributed by atoms with van der Waals surface area (Å²) in [5.41, 5.74) is 6.55. The van der Waals surface area contributed by atoms with Crippen LogP contribution in [0.1, 0.15) is 0 Å². The zero-order valence-electron chi connectivity index (χ0n) is 37.0. The molecule has 0 aliphatic carbocycles. The summed E-state index contributed by atoms with van der Waals surface area (Å²) in [5.74, 6) is 0. The van der Waals surface area contributed by atoms with Gasteiger partial charge in [-0.2, -0.15) is 0 Å². The monoisotopic (exact) mass is 839 g/mol. The summed E-state index contributed by atoms with van der Waals surface area (Å²) < 4.78 is 1.60. The molecule has 12 aromatic carbocycles. The number of nitrogens with zero attached hydrogens (tertiary/aromatic N) is 1. The van der Waals surface area contributed by atoms with Gasteiger partial charge in [-0.05, 0) is 122 Å². The summed E-state index contributed by atoms with van der Waals surface area (Å²) in [6.07, 6.45) is 0. The maximum atomic E-state index is 7.55. The summed E-state index contributed by atoms with van der Waals surface area (Å²) >= 11 is 0. The molecule has 0 fully saturated rings. The van der Waals surface area contributed by atoms with Crippen LogP contribution in [0.3, 0.4) is 0 Å². The second-order valence-corrected chi connectivity index (χ2v) is 18.2. The fraction of sp³-hybridized carbons (Fsp3) is 0. The minimum Gasteiger partial charge on any atom is -0.312 e. The van der Waals surface area contributed by atoms with Gasteiger partial charge in [0.05, 0.1) is 0 Å². The predicted octanol–water partition coefficient (Wildman–Crippen LogP) is 1.11. The SMILES string of the molecule is [B]c1c([B])c([B])c(-n2c3c([B])c([B])c([B])c([B])c3c3c([B])c(-c4cc(-c5ccc6ccc7cccc8ccc5c6c78)cc(-c5ccc6ccc7cccc8ccc5c6c78)c4)c([B])c([B])c32)c([B])c1[B]. The van der Waals surface area contributed by atoms with Crippen molar-refractivity contribution >= 4 is 246 Å². The predicted molar refractivity (Wildman–Crippen MR) is 309 cm³/mol. The van der Waals surface area contributed by atoms with Crippen LogP contribution in [0.25, 0.3) is 126 Å². The highest BCUT2D eigenvalue weighted by molar-refractivity contribution is 6.71. The number of hydrogen-bond donors (Lipinski definition) is 0. The summed E-state index contributed by atoms with van der Waals surface area (Å²) in [6.45, 7) is 0. The highest BCUT2D eigenvalue weighted by atomic mass is 15.0.